The SMILES string of the molecule is Cc1nc2ccc(F)cc2c(=O)n1Cc1ccccn1. The fraction of sp³-hybridized carbons (Fsp3) is 0.133. The molecule has 0 N–H and O–H groups in total. The lowest BCUT2D eigenvalue weighted by molar-refractivity contribution is 0.628. The molecule has 2 aromatic heterocycles. The molecule has 20 heavy (non-hydrogen) atoms. The van der Waals surface area contributed by atoms with Gasteiger partial charge in [0.25, 0.3) is 5.56 Å². The first-order valence-electron chi connectivity index (χ1n) is 6.22. The van der Waals surface area contributed by atoms with Crippen LogP contribution >= 0.6 is 0 Å². The fourth-order valence-electron chi connectivity index (χ4n) is 2.14. The summed E-state index contributed by atoms with van der Waals surface area (Å²) in [5, 5.41) is 0.284. The first kappa shape index (κ1) is 12.5. The van der Waals surface area contributed by atoms with Crippen molar-refractivity contribution in [2.24, 2.45) is 0 Å². The summed E-state index contributed by atoms with van der Waals surface area (Å²) < 4.78 is 14.8. The fourth-order valence-corrected chi connectivity index (χ4v) is 2.14. The van der Waals surface area contributed by atoms with E-state index in [-0.39, 0.29) is 10.9 Å². The molecule has 0 radical (unpaired) electrons. The molecule has 0 amide bonds. The van der Waals surface area contributed by atoms with Crippen molar-refractivity contribution >= 4 is 10.9 Å². The molecule has 100 valence electrons. The molecule has 0 unspecified atom stereocenters. The van der Waals surface area contributed by atoms with E-state index >= 15 is 0 Å². The van der Waals surface area contributed by atoms with Crippen LogP contribution in [0.1, 0.15) is 11.5 Å². The molecule has 0 aliphatic rings. The van der Waals surface area contributed by atoms with Gasteiger partial charge in [-0.3, -0.25) is 14.3 Å². The first-order chi connectivity index (χ1) is 9.65. The highest BCUT2D eigenvalue weighted by Gasteiger charge is 2.09. The van der Waals surface area contributed by atoms with Gasteiger partial charge in [0.15, 0.2) is 0 Å². The summed E-state index contributed by atoms with van der Waals surface area (Å²) in [4.78, 5) is 21.0. The Bertz CT molecular complexity index is 828. The summed E-state index contributed by atoms with van der Waals surface area (Å²) in [5.41, 5.74) is 1.01. The van der Waals surface area contributed by atoms with Gasteiger partial charge in [-0.1, -0.05) is 6.07 Å². The monoisotopic (exact) mass is 269 g/mol. The molecule has 1 aromatic carbocycles. The van der Waals surface area contributed by atoms with E-state index in [1.807, 2.05) is 18.2 Å². The molecule has 0 aliphatic heterocycles. The Kier molecular flexibility index (Phi) is 3.02. The summed E-state index contributed by atoms with van der Waals surface area (Å²) >= 11 is 0. The van der Waals surface area contributed by atoms with E-state index in [2.05, 4.69) is 9.97 Å². The second-order valence-corrected chi connectivity index (χ2v) is 4.53. The largest absolute Gasteiger partial charge is 0.290 e. The van der Waals surface area contributed by atoms with Crippen molar-refractivity contribution in [2.45, 2.75) is 13.5 Å². The maximum absolute atomic E-state index is 13.3. The van der Waals surface area contributed by atoms with E-state index in [4.69, 9.17) is 0 Å². The van der Waals surface area contributed by atoms with Crippen molar-refractivity contribution in [3.63, 3.8) is 0 Å². The van der Waals surface area contributed by atoms with E-state index in [9.17, 15) is 9.18 Å². The number of halogens is 1. The number of aryl methyl sites for hydroxylation is 1. The van der Waals surface area contributed by atoms with E-state index < -0.39 is 5.82 Å². The topological polar surface area (TPSA) is 47.8 Å². The summed E-state index contributed by atoms with van der Waals surface area (Å²) in [6.45, 7) is 2.08. The van der Waals surface area contributed by atoms with Gasteiger partial charge in [-0.2, -0.15) is 0 Å². The Labute approximate surface area is 114 Å². The van der Waals surface area contributed by atoms with Crippen LogP contribution in [-0.4, -0.2) is 14.5 Å². The average molecular weight is 269 g/mol. The molecule has 5 heteroatoms. The number of nitrogens with zero attached hydrogens (tertiary/aromatic N) is 3. The van der Waals surface area contributed by atoms with Crippen molar-refractivity contribution in [1.29, 1.82) is 0 Å². The van der Waals surface area contributed by atoms with Crippen LogP contribution in [-0.2, 0) is 6.54 Å². The van der Waals surface area contributed by atoms with Gasteiger partial charge in [-0.25, -0.2) is 9.37 Å². The Morgan fingerprint density at radius 1 is 1.25 bits per heavy atom. The van der Waals surface area contributed by atoms with Crippen molar-refractivity contribution in [1.82, 2.24) is 14.5 Å². The molecule has 2 heterocycles. The quantitative estimate of drug-likeness (QED) is 0.717. The Morgan fingerprint density at radius 3 is 2.85 bits per heavy atom. The van der Waals surface area contributed by atoms with E-state index in [1.54, 1.807) is 13.1 Å². The minimum atomic E-state index is -0.440. The van der Waals surface area contributed by atoms with Gasteiger partial charge in [0, 0.05) is 6.20 Å². The molecule has 3 rings (SSSR count). The first-order valence-corrected chi connectivity index (χ1v) is 6.22. The van der Waals surface area contributed by atoms with Crippen LogP contribution in [0.25, 0.3) is 10.9 Å². The van der Waals surface area contributed by atoms with Gasteiger partial charge >= 0.3 is 0 Å². The molecule has 0 saturated carbocycles. The molecular weight excluding hydrogens is 257 g/mol. The molecule has 4 nitrogen and oxygen atoms in total. The number of hydrogen-bond donors (Lipinski definition) is 0. The minimum absolute atomic E-state index is 0.252. The van der Waals surface area contributed by atoms with Gasteiger partial charge in [-0.05, 0) is 37.3 Å². The van der Waals surface area contributed by atoms with Crippen LogP contribution < -0.4 is 5.56 Å². The zero-order valence-corrected chi connectivity index (χ0v) is 10.9. The highest BCUT2D eigenvalue weighted by atomic mass is 19.1. The third kappa shape index (κ3) is 2.18. The van der Waals surface area contributed by atoms with Crippen LogP contribution in [0, 0.1) is 12.7 Å². The maximum Gasteiger partial charge on any atom is 0.261 e. The lowest BCUT2D eigenvalue weighted by Gasteiger charge is -2.10. The van der Waals surface area contributed by atoms with E-state index in [0.29, 0.717) is 17.9 Å². The number of hydrogen-bond acceptors (Lipinski definition) is 3. The number of pyridine rings is 1. The van der Waals surface area contributed by atoms with Gasteiger partial charge < -0.3 is 0 Å². The standard InChI is InChI=1S/C15H12FN3O/c1-10-18-14-6-5-11(16)8-13(14)15(20)19(10)9-12-4-2-3-7-17-12/h2-8H,9H2,1H3. The van der Waals surface area contributed by atoms with Crippen LogP contribution in [0.4, 0.5) is 4.39 Å². The number of aromatic nitrogens is 3. The van der Waals surface area contributed by atoms with Crippen molar-refractivity contribution in [3.8, 4) is 0 Å². The second-order valence-electron chi connectivity index (χ2n) is 4.53. The highest BCUT2D eigenvalue weighted by molar-refractivity contribution is 5.77. The van der Waals surface area contributed by atoms with Gasteiger partial charge in [0.2, 0.25) is 0 Å². The summed E-state index contributed by atoms with van der Waals surface area (Å²) in [6, 6.07) is 9.55. The lowest BCUT2D eigenvalue weighted by atomic mass is 10.2. The van der Waals surface area contributed by atoms with Crippen molar-refractivity contribution in [2.75, 3.05) is 0 Å². The maximum atomic E-state index is 13.3. The van der Waals surface area contributed by atoms with Crippen molar-refractivity contribution in [3.05, 3.63) is 70.3 Å². The molecule has 3 aromatic rings. The van der Waals surface area contributed by atoms with Gasteiger partial charge in [0.05, 0.1) is 23.1 Å². The normalized spacial score (nSPS) is 10.9. The van der Waals surface area contributed by atoms with E-state index in [0.717, 1.165) is 5.69 Å². The smallest absolute Gasteiger partial charge is 0.261 e. The molecule has 0 atom stereocenters. The Balaban J connectivity index is 2.18. The summed E-state index contributed by atoms with van der Waals surface area (Å²) in [5.74, 6) is 0.143. The number of fused-ring (bicyclic) bond motifs is 1. The van der Waals surface area contributed by atoms with Gasteiger partial charge in [-0.15, -0.1) is 0 Å². The Hall–Kier alpha value is -2.56. The lowest BCUT2D eigenvalue weighted by Crippen LogP contribution is -2.24. The van der Waals surface area contributed by atoms with Gasteiger partial charge in [0.1, 0.15) is 11.6 Å². The van der Waals surface area contributed by atoms with Crippen LogP contribution in [0.3, 0.4) is 0 Å². The molecule has 0 fully saturated rings. The second kappa shape index (κ2) is 4.85. The minimum Gasteiger partial charge on any atom is -0.290 e. The number of benzene rings is 1. The Morgan fingerprint density at radius 2 is 2.10 bits per heavy atom. The summed E-state index contributed by atoms with van der Waals surface area (Å²) in [6.07, 6.45) is 1.67. The average Bonchev–Trinajstić information content (AvgIpc) is 2.46. The van der Waals surface area contributed by atoms with Crippen LogP contribution in [0.2, 0.25) is 0 Å². The predicted molar refractivity (Wildman–Crippen MR) is 74.0 cm³/mol. The molecule has 0 aliphatic carbocycles. The number of rotatable bonds is 2. The third-order valence-corrected chi connectivity index (χ3v) is 3.15. The summed E-state index contributed by atoms with van der Waals surface area (Å²) in [7, 11) is 0. The van der Waals surface area contributed by atoms with Crippen LogP contribution in [0.15, 0.2) is 47.4 Å². The molecule has 0 spiro atoms. The van der Waals surface area contributed by atoms with E-state index in [1.165, 1.54) is 22.8 Å². The third-order valence-electron chi connectivity index (χ3n) is 3.15. The van der Waals surface area contributed by atoms with Crippen molar-refractivity contribution < 1.29 is 4.39 Å². The zero-order valence-electron chi connectivity index (χ0n) is 10.9. The highest BCUT2D eigenvalue weighted by Crippen LogP contribution is 2.11. The zero-order chi connectivity index (χ0) is 14.1. The molecular formula is C15H12FN3O. The predicted octanol–water partition coefficient (Wildman–Crippen LogP) is 2.29. The molecule has 0 bridgehead atoms. The molecule has 0 saturated heterocycles. The van der Waals surface area contributed by atoms with Crippen LogP contribution in [0.5, 0.6) is 0 Å².